The summed E-state index contributed by atoms with van der Waals surface area (Å²) in [6.07, 6.45) is 6.11. The zero-order chi connectivity index (χ0) is 13.9. The third-order valence-corrected chi connectivity index (χ3v) is 3.42. The summed E-state index contributed by atoms with van der Waals surface area (Å²) in [6, 6.07) is 0. The Kier molecular flexibility index (Phi) is 3.41. The molecule has 0 aromatic carbocycles. The van der Waals surface area contributed by atoms with Gasteiger partial charge in [-0.15, -0.1) is 10.2 Å². The number of likely N-dealkylation sites (tertiary alicyclic amines) is 1. The number of carbonyl (C=O) groups excluding carboxylic acids is 1. The van der Waals surface area contributed by atoms with Crippen molar-refractivity contribution in [2.75, 3.05) is 13.1 Å². The Bertz CT molecular complexity index is 595. The standard InChI is InChI=1S/C13H15N5O2/c1-9-14-5-11(6-15-9)13-17-16-12(20-13)10-3-2-4-18(7-10)8-19/h5-6,8,10H,2-4,7H2,1H3. The van der Waals surface area contributed by atoms with E-state index in [1.165, 1.54) is 0 Å². The van der Waals surface area contributed by atoms with Crippen LogP contribution in [0.25, 0.3) is 11.5 Å². The highest BCUT2D eigenvalue weighted by Gasteiger charge is 2.25. The lowest BCUT2D eigenvalue weighted by molar-refractivity contribution is -0.119. The molecule has 20 heavy (non-hydrogen) atoms. The van der Waals surface area contributed by atoms with Gasteiger partial charge in [0.15, 0.2) is 0 Å². The zero-order valence-electron chi connectivity index (χ0n) is 11.2. The Balaban J connectivity index is 1.79. The van der Waals surface area contributed by atoms with Gasteiger partial charge in [-0.05, 0) is 19.8 Å². The molecule has 1 amide bonds. The van der Waals surface area contributed by atoms with E-state index >= 15 is 0 Å². The minimum atomic E-state index is 0.113. The molecule has 3 rings (SSSR count). The van der Waals surface area contributed by atoms with Crippen LogP contribution >= 0.6 is 0 Å². The molecule has 7 heteroatoms. The highest BCUT2D eigenvalue weighted by Crippen LogP contribution is 2.27. The van der Waals surface area contributed by atoms with Gasteiger partial charge in [0, 0.05) is 25.5 Å². The average Bonchev–Trinajstić information content (AvgIpc) is 2.98. The molecule has 0 radical (unpaired) electrons. The van der Waals surface area contributed by atoms with E-state index < -0.39 is 0 Å². The maximum Gasteiger partial charge on any atom is 0.250 e. The summed E-state index contributed by atoms with van der Waals surface area (Å²) in [6.45, 7) is 3.25. The van der Waals surface area contributed by atoms with Crippen molar-refractivity contribution in [1.82, 2.24) is 25.1 Å². The molecule has 1 unspecified atom stereocenters. The second-order valence-corrected chi connectivity index (χ2v) is 4.90. The number of rotatable bonds is 3. The van der Waals surface area contributed by atoms with Crippen LogP contribution in [0.1, 0.15) is 30.5 Å². The van der Waals surface area contributed by atoms with Crippen LogP contribution in [0.5, 0.6) is 0 Å². The molecule has 104 valence electrons. The molecule has 1 fully saturated rings. The molecule has 1 aliphatic rings. The van der Waals surface area contributed by atoms with Gasteiger partial charge < -0.3 is 9.32 Å². The predicted octanol–water partition coefficient (Wildman–Crippen LogP) is 1.17. The number of piperidine rings is 1. The highest BCUT2D eigenvalue weighted by molar-refractivity contribution is 5.49. The van der Waals surface area contributed by atoms with Crippen LogP contribution < -0.4 is 0 Å². The number of aryl methyl sites for hydroxylation is 1. The average molecular weight is 273 g/mol. The van der Waals surface area contributed by atoms with Crippen LogP contribution in [0.2, 0.25) is 0 Å². The SMILES string of the molecule is Cc1ncc(-c2nnc(C3CCCN(C=O)C3)o2)cn1. The predicted molar refractivity (Wildman–Crippen MR) is 69.7 cm³/mol. The molecular formula is C13H15N5O2. The number of hydrogen-bond donors (Lipinski definition) is 0. The van der Waals surface area contributed by atoms with E-state index in [1.807, 2.05) is 6.92 Å². The van der Waals surface area contributed by atoms with Gasteiger partial charge in [-0.3, -0.25) is 4.79 Å². The van der Waals surface area contributed by atoms with Gasteiger partial charge in [-0.25, -0.2) is 9.97 Å². The Morgan fingerprint density at radius 3 is 2.90 bits per heavy atom. The maximum absolute atomic E-state index is 10.8. The van der Waals surface area contributed by atoms with Crippen LogP contribution in [0.15, 0.2) is 16.8 Å². The van der Waals surface area contributed by atoms with E-state index in [9.17, 15) is 4.79 Å². The lowest BCUT2D eigenvalue weighted by Crippen LogP contribution is -2.33. The van der Waals surface area contributed by atoms with Crippen molar-refractivity contribution in [1.29, 1.82) is 0 Å². The fourth-order valence-electron chi connectivity index (χ4n) is 2.32. The Morgan fingerprint density at radius 2 is 2.15 bits per heavy atom. The number of carbonyl (C=O) groups is 1. The molecule has 1 saturated heterocycles. The van der Waals surface area contributed by atoms with Gasteiger partial charge in [0.25, 0.3) is 5.89 Å². The van der Waals surface area contributed by atoms with E-state index in [1.54, 1.807) is 17.3 Å². The van der Waals surface area contributed by atoms with E-state index in [-0.39, 0.29) is 5.92 Å². The lowest BCUT2D eigenvalue weighted by Gasteiger charge is -2.27. The summed E-state index contributed by atoms with van der Waals surface area (Å²) >= 11 is 0. The molecule has 0 spiro atoms. The van der Waals surface area contributed by atoms with Gasteiger partial charge in [0.2, 0.25) is 12.3 Å². The first-order valence-electron chi connectivity index (χ1n) is 6.58. The smallest absolute Gasteiger partial charge is 0.250 e. The summed E-state index contributed by atoms with van der Waals surface area (Å²) < 4.78 is 5.70. The fourth-order valence-corrected chi connectivity index (χ4v) is 2.32. The zero-order valence-corrected chi connectivity index (χ0v) is 11.2. The van der Waals surface area contributed by atoms with E-state index in [2.05, 4.69) is 20.2 Å². The summed E-state index contributed by atoms with van der Waals surface area (Å²) in [7, 11) is 0. The molecule has 0 bridgehead atoms. The minimum Gasteiger partial charge on any atom is -0.420 e. The first-order valence-corrected chi connectivity index (χ1v) is 6.58. The van der Waals surface area contributed by atoms with Crippen molar-refractivity contribution < 1.29 is 9.21 Å². The Labute approximate surface area is 116 Å². The summed E-state index contributed by atoms with van der Waals surface area (Å²) in [4.78, 5) is 20.8. The number of hydrogen-bond acceptors (Lipinski definition) is 6. The van der Waals surface area contributed by atoms with Gasteiger partial charge in [-0.1, -0.05) is 0 Å². The van der Waals surface area contributed by atoms with Crippen LogP contribution in [0.4, 0.5) is 0 Å². The molecule has 0 aliphatic carbocycles. The summed E-state index contributed by atoms with van der Waals surface area (Å²) in [5, 5.41) is 8.13. The van der Waals surface area contributed by atoms with Gasteiger partial charge in [0.1, 0.15) is 5.82 Å². The molecule has 2 aromatic rings. The first-order chi connectivity index (χ1) is 9.76. The highest BCUT2D eigenvalue weighted by atomic mass is 16.4. The first kappa shape index (κ1) is 12.7. The van der Waals surface area contributed by atoms with E-state index in [0.29, 0.717) is 29.7 Å². The molecule has 2 aromatic heterocycles. The third-order valence-electron chi connectivity index (χ3n) is 3.42. The molecular weight excluding hydrogens is 258 g/mol. The Morgan fingerprint density at radius 1 is 1.35 bits per heavy atom. The van der Waals surface area contributed by atoms with Gasteiger partial charge >= 0.3 is 0 Å². The second kappa shape index (κ2) is 5.36. The van der Waals surface area contributed by atoms with E-state index in [4.69, 9.17) is 4.42 Å². The minimum absolute atomic E-state index is 0.113. The molecule has 3 heterocycles. The number of amides is 1. The Hall–Kier alpha value is -2.31. The molecule has 7 nitrogen and oxygen atoms in total. The third kappa shape index (κ3) is 2.52. The molecule has 1 atom stereocenters. The van der Waals surface area contributed by atoms with Crippen LogP contribution in [0.3, 0.4) is 0 Å². The van der Waals surface area contributed by atoms with Crippen molar-refractivity contribution in [3.05, 3.63) is 24.1 Å². The van der Waals surface area contributed by atoms with Crippen molar-refractivity contribution in [2.45, 2.75) is 25.7 Å². The van der Waals surface area contributed by atoms with Crippen molar-refractivity contribution >= 4 is 6.41 Å². The normalized spacial score (nSPS) is 19.1. The number of aromatic nitrogens is 4. The lowest BCUT2D eigenvalue weighted by atomic mass is 9.99. The topological polar surface area (TPSA) is 85.0 Å². The van der Waals surface area contributed by atoms with Crippen LogP contribution in [-0.4, -0.2) is 44.6 Å². The quantitative estimate of drug-likeness (QED) is 0.780. The van der Waals surface area contributed by atoms with Gasteiger partial charge in [0.05, 0.1) is 11.5 Å². The van der Waals surface area contributed by atoms with E-state index in [0.717, 1.165) is 25.8 Å². The summed E-state index contributed by atoms with van der Waals surface area (Å²) in [5.41, 5.74) is 0.706. The van der Waals surface area contributed by atoms with Crippen molar-refractivity contribution in [3.63, 3.8) is 0 Å². The van der Waals surface area contributed by atoms with Gasteiger partial charge in [-0.2, -0.15) is 0 Å². The molecule has 1 aliphatic heterocycles. The molecule has 0 saturated carbocycles. The largest absolute Gasteiger partial charge is 0.420 e. The summed E-state index contributed by atoms with van der Waals surface area (Å²) in [5.74, 6) is 1.80. The van der Waals surface area contributed by atoms with Crippen LogP contribution in [0, 0.1) is 6.92 Å². The fraction of sp³-hybridized carbons (Fsp3) is 0.462. The van der Waals surface area contributed by atoms with Crippen LogP contribution in [-0.2, 0) is 4.79 Å². The van der Waals surface area contributed by atoms with Crippen molar-refractivity contribution in [3.8, 4) is 11.5 Å². The maximum atomic E-state index is 10.8. The second-order valence-electron chi connectivity index (χ2n) is 4.90. The monoisotopic (exact) mass is 273 g/mol. The van der Waals surface area contributed by atoms with Crippen molar-refractivity contribution in [2.24, 2.45) is 0 Å². The molecule has 0 N–H and O–H groups in total. The number of nitrogens with zero attached hydrogens (tertiary/aromatic N) is 5.